The number of guanidine groups is 2. The lowest BCUT2D eigenvalue weighted by Gasteiger charge is -2.45. The number of hydrogen-bond acceptors (Lipinski definition) is 15. The summed E-state index contributed by atoms with van der Waals surface area (Å²) >= 11 is 0. The molecular weight excluding hydrogens is 542 g/mol. The fraction of sp³-hybridized carbons (Fsp3) is 0.905. The summed E-state index contributed by atoms with van der Waals surface area (Å²) in [6.07, 6.45) is -16.9. The first-order chi connectivity index (χ1) is 18.7. The fourth-order valence-electron chi connectivity index (χ4n) is 5.17. The van der Waals surface area contributed by atoms with Gasteiger partial charge in [0.15, 0.2) is 24.5 Å². The molecule has 19 heteroatoms. The molecule has 1 aliphatic carbocycles. The number of hydrogen-bond donors (Lipinski definition) is 13. The third-order valence-electron chi connectivity index (χ3n) is 7.49. The molecule has 17 N–H and O–H groups in total. The zero-order chi connectivity index (χ0) is 30.1. The standard InChI is InChI=1S/C21H41N7O12/c1-5-21(36,4-30)16(40-17-9(26-2)13(34)10(31)6(3-29)38-17)18(37-5)39-15-8(28-20(24)25)11(32)7(27-19(22)23)12(33)14(15)35/h5-18,26,29-36H,3-4H2,1-2H3,(H4,22,23,27)(H4,24,25,28)/t5-,6?,7+,8?,9-,10-,11+,12-,13-,14?,15+,16-,17-,18-,21+/m0/s1. The number of aliphatic imine (C=N–C) groups is 2. The Morgan fingerprint density at radius 2 is 1.43 bits per heavy atom. The zero-order valence-corrected chi connectivity index (χ0v) is 21.9. The van der Waals surface area contributed by atoms with Crippen LogP contribution < -0.4 is 28.3 Å². The smallest absolute Gasteiger partial charge is 0.187 e. The van der Waals surface area contributed by atoms with Crippen molar-refractivity contribution in [3.63, 3.8) is 0 Å². The van der Waals surface area contributed by atoms with Crippen LogP contribution in [0.4, 0.5) is 0 Å². The van der Waals surface area contributed by atoms with Crippen LogP contribution in [-0.2, 0) is 18.9 Å². The Balaban J connectivity index is 1.96. The monoisotopic (exact) mass is 583 g/mol. The molecular formula is C21H41N7O12. The van der Waals surface area contributed by atoms with Crippen molar-refractivity contribution in [1.82, 2.24) is 5.32 Å². The maximum Gasteiger partial charge on any atom is 0.187 e. The number of nitrogens with one attached hydrogen (secondary N) is 1. The van der Waals surface area contributed by atoms with Crippen molar-refractivity contribution in [2.45, 2.75) is 98.2 Å². The SMILES string of the molecule is CN[C@@H]1[C@H](O[C@H]2[C@H](O[C@H]3C(O)[C@@H](O)[C@H](N=C(N)N)[C@@H](O)C3N=C(N)N)O[C@@H](C)[C@]2(O)CO)OC(CO)[C@H](O)[C@H]1O. The Morgan fingerprint density at radius 1 is 0.825 bits per heavy atom. The molecule has 3 aliphatic rings. The molecule has 3 fully saturated rings. The second-order valence-corrected chi connectivity index (χ2v) is 10.0. The Hall–Kier alpha value is -1.98. The summed E-state index contributed by atoms with van der Waals surface area (Å²) in [5, 5.41) is 87.0. The van der Waals surface area contributed by atoms with Gasteiger partial charge in [-0.25, -0.2) is 9.98 Å². The number of ether oxygens (including phenoxy) is 4. The van der Waals surface area contributed by atoms with E-state index in [2.05, 4.69) is 15.3 Å². The lowest BCUT2D eigenvalue weighted by molar-refractivity contribution is -0.317. The fourth-order valence-corrected chi connectivity index (χ4v) is 5.17. The molecule has 0 aromatic carbocycles. The van der Waals surface area contributed by atoms with Crippen molar-refractivity contribution in [2.75, 3.05) is 20.3 Å². The van der Waals surface area contributed by atoms with E-state index >= 15 is 0 Å². The predicted octanol–water partition coefficient (Wildman–Crippen LogP) is -8.37. The van der Waals surface area contributed by atoms with Gasteiger partial charge in [0.2, 0.25) is 0 Å². The van der Waals surface area contributed by atoms with Crippen LogP contribution in [0.5, 0.6) is 0 Å². The lowest BCUT2D eigenvalue weighted by atomic mass is 9.81. The minimum absolute atomic E-state index is 0.493. The first kappa shape index (κ1) is 32.5. The summed E-state index contributed by atoms with van der Waals surface area (Å²) in [4.78, 5) is 7.66. The molecule has 0 aromatic heterocycles. The summed E-state index contributed by atoms with van der Waals surface area (Å²) in [5.74, 6) is -1.01. The van der Waals surface area contributed by atoms with Crippen molar-refractivity contribution < 1.29 is 59.8 Å². The molecule has 3 rings (SSSR count). The molecule has 0 aromatic rings. The molecule has 2 heterocycles. The first-order valence-electron chi connectivity index (χ1n) is 12.5. The Labute approximate surface area is 229 Å². The highest BCUT2D eigenvalue weighted by atomic mass is 16.8. The number of rotatable bonds is 9. The largest absolute Gasteiger partial charge is 0.394 e. The molecule has 40 heavy (non-hydrogen) atoms. The molecule has 2 saturated heterocycles. The van der Waals surface area contributed by atoms with Gasteiger partial charge in [-0.05, 0) is 14.0 Å². The molecule has 15 atom stereocenters. The molecule has 0 spiro atoms. The van der Waals surface area contributed by atoms with Gasteiger partial charge in [0.25, 0.3) is 0 Å². The van der Waals surface area contributed by atoms with Crippen molar-refractivity contribution in [3.8, 4) is 0 Å². The molecule has 0 amide bonds. The van der Waals surface area contributed by atoms with Crippen LogP contribution in [0, 0.1) is 0 Å². The van der Waals surface area contributed by atoms with Gasteiger partial charge in [0.05, 0.1) is 25.4 Å². The van der Waals surface area contributed by atoms with Crippen molar-refractivity contribution >= 4 is 11.9 Å². The average molecular weight is 584 g/mol. The third-order valence-corrected chi connectivity index (χ3v) is 7.49. The van der Waals surface area contributed by atoms with Gasteiger partial charge >= 0.3 is 0 Å². The highest BCUT2D eigenvalue weighted by molar-refractivity contribution is 5.76. The number of aliphatic hydroxyl groups is 8. The van der Waals surface area contributed by atoms with Gasteiger partial charge in [0.1, 0.15) is 66.5 Å². The van der Waals surface area contributed by atoms with E-state index in [4.69, 9.17) is 41.9 Å². The topological polar surface area (TPSA) is 340 Å². The highest BCUT2D eigenvalue weighted by Crippen LogP contribution is 2.39. The summed E-state index contributed by atoms with van der Waals surface area (Å²) in [7, 11) is 1.44. The maximum atomic E-state index is 11.3. The number of aliphatic hydroxyl groups excluding tert-OH is 7. The van der Waals surface area contributed by atoms with E-state index < -0.39 is 116 Å². The van der Waals surface area contributed by atoms with E-state index in [0.717, 1.165) is 0 Å². The van der Waals surface area contributed by atoms with Gasteiger partial charge in [-0.2, -0.15) is 0 Å². The highest BCUT2D eigenvalue weighted by Gasteiger charge is 2.60. The van der Waals surface area contributed by atoms with Crippen LogP contribution in [0.1, 0.15) is 6.92 Å². The molecule has 0 bridgehead atoms. The number of likely N-dealkylation sites (N-methyl/N-ethyl adjacent to an activating group) is 1. The van der Waals surface area contributed by atoms with Crippen molar-refractivity contribution in [3.05, 3.63) is 0 Å². The second kappa shape index (κ2) is 12.9. The molecule has 1 saturated carbocycles. The van der Waals surface area contributed by atoms with E-state index in [-0.39, 0.29) is 0 Å². The van der Waals surface area contributed by atoms with E-state index in [0.29, 0.717) is 0 Å². The normalized spacial score (nSPS) is 47.5. The number of nitrogens with two attached hydrogens (primary N) is 4. The van der Waals surface area contributed by atoms with E-state index in [1.54, 1.807) is 0 Å². The Kier molecular flexibility index (Phi) is 10.5. The molecule has 19 nitrogen and oxygen atoms in total. The van der Waals surface area contributed by atoms with Crippen LogP contribution >= 0.6 is 0 Å². The van der Waals surface area contributed by atoms with Gasteiger partial charge in [0, 0.05) is 0 Å². The van der Waals surface area contributed by atoms with Crippen molar-refractivity contribution in [2.24, 2.45) is 32.9 Å². The summed E-state index contributed by atoms with van der Waals surface area (Å²) < 4.78 is 23.2. The van der Waals surface area contributed by atoms with E-state index in [1.165, 1.54) is 14.0 Å². The quantitative estimate of drug-likeness (QED) is 0.0884. The summed E-state index contributed by atoms with van der Waals surface area (Å²) in [6.45, 7) is -0.199. The minimum Gasteiger partial charge on any atom is -0.394 e. The van der Waals surface area contributed by atoms with Gasteiger partial charge in [-0.15, -0.1) is 0 Å². The van der Waals surface area contributed by atoms with Crippen molar-refractivity contribution in [1.29, 1.82) is 0 Å². The Bertz CT molecular complexity index is 911. The lowest BCUT2D eigenvalue weighted by Crippen LogP contribution is -2.66. The second-order valence-electron chi connectivity index (χ2n) is 10.0. The number of nitrogens with zero attached hydrogens (tertiary/aromatic N) is 2. The molecule has 0 radical (unpaired) electrons. The third kappa shape index (κ3) is 6.11. The van der Waals surface area contributed by atoms with Gasteiger partial charge in [-0.1, -0.05) is 0 Å². The maximum absolute atomic E-state index is 11.3. The molecule has 2 aliphatic heterocycles. The van der Waals surface area contributed by atoms with E-state index in [9.17, 15) is 40.9 Å². The molecule has 3 unspecified atom stereocenters. The predicted molar refractivity (Wildman–Crippen MR) is 134 cm³/mol. The molecule has 232 valence electrons. The van der Waals surface area contributed by atoms with Crippen LogP contribution in [0.25, 0.3) is 0 Å². The van der Waals surface area contributed by atoms with Crippen LogP contribution in [-0.4, -0.2) is 164 Å². The minimum atomic E-state index is -2.15. The summed E-state index contributed by atoms with van der Waals surface area (Å²) in [6, 6.07) is -4.00. The zero-order valence-electron chi connectivity index (χ0n) is 21.9. The Morgan fingerprint density at radius 3 is 1.95 bits per heavy atom. The first-order valence-corrected chi connectivity index (χ1v) is 12.5. The van der Waals surface area contributed by atoms with Gasteiger partial charge in [-0.3, -0.25) is 0 Å². The van der Waals surface area contributed by atoms with E-state index in [1.807, 2.05) is 0 Å². The van der Waals surface area contributed by atoms with Crippen LogP contribution in [0.3, 0.4) is 0 Å². The average Bonchev–Trinajstić information content (AvgIpc) is 3.13. The van der Waals surface area contributed by atoms with Crippen LogP contribution in [0.2, 0.25) is 0 Å². The van der Waals surface area contributed by atoms with Gasteiger partial charge < -0.3 is 88.1 Å². The van der Waals surface area contributed by atoms with Crippen LogP contribution in [0.15, 0.2) is 9.98 Å². The summed E-state index contributed by atoms with van der Waals surface area (Å²) in [5.41, 5.74) is 19.7.